The Morgan fingerprint density at radius 2 is 2.11 bits per heavy atom. The second-order valence-corrected chi connectivity index (χ2v) is 9.87. The van der Waals surface area contributed by atoms with Crippen molar-refractivity contribution in [1.82, 2.24) is 14.5 Å². The lowest BCUT2D eigenvalue weighted by molar-refractivity contribution is -0.156. The highest BCUT2D eigenvalue weighted by atomic mass is 16.5. The van der Waals surface area contributed by atoms with Crippen LogP contribution in [0.4, 0.5) is 0 Å². The summed E-state index contributed by atoms with van der Waals surface area (Å²) in [6, 6.07) is 8.04. The Morgan fingerprint density at radius 1 is 1.31 bits per heavy atom. The molecule has 0 aliphatic carbocycles. The number of hydrogen-bond acceptors (Lipinski definition) is 6. The average molecular weight is 482 g/mol. The number of rotatable bonds is 9. The molecule has 3 aromatic rings. The Hall–Kier alpha value is -2.97. The Balaban J connectivity index is 1.64. The SMILES string of the molecule is Cc1cc(-c2nc3cc(CC[C@H](C(=O)OC(C)C)[C@@H](C)O)ccc3n2CC2CCOC2)c[nH]c1=O. The van der Waals surface area contributed by atoms with Crippen LogP contribution in [0.1, 0.15) is 44.7 Å². The lowest BCUT2D eigenvalue weighted by atomic mass is 9.95. The molecular formula is C27H35N3O5. The van der Waals surface area contributed by atoms with Gasteiger partial charge in [-0.3, -0.25) is 9.59 Å². The first-order chi connectivity index (χ1) is 16.7. The van der Waals surface area contributed by atoms with Crippen molar-refractivity contribution in [3.63, 3.8) is 0 Å². The molecule has 3 atom stereocenters. The number of aromatic amines is 1. The normalized spacial score (nSPS) is 17.7. The molecule has 1 unspecified atom stereocenters. The van der Waals surface area contributed by atoms with Gasteiger partial charge in [0.05, 0.1) is 35.8 Å². The van der Waals surface area contributed by atoms with E-state index in [0.717, 1.165) is 54.2 Å². The molecule has 0 spiro atoms. The molecule has 1 aliphatic rings. The molecule has 0 radical (unpaired) electrons. The van der Waals surface area contributed by atoms with E-state index in [9.17, 15) is 14.7 Å². The first kappa shape index (κ1) is 25.1. The van der Waals surface area contributed by atoms with E-state index in [1.807, 2.05) is 12.1 Å². The van der Waals surface area contributed by atoms with Crippen LogP contribution in [0.15, 0.2) is 35.3 Å². The minimum absolute atomic E-state index is 0.105. The Bertz CT molecular complexity index is 1240. The Morgan fingerprint density at radius 3 is 2.77 bits per heavy atom. The fourth-order valence-electron chi connectivity index (χ4n) is 4.65. The van der Waals surface area contributed by atoms with Gasteiger partial charge in [-0.25, -0.2) is 4.98 Å². The monoisotopic (exact) mass is 481 g/mol. The van der Waals surface area contributed by atoms with Crippen molar-refractivity contribution >= 4 is 17.0 Å². The van der Waals surface area contributed by atoms with Gasteiger partial charge in [-0.05, 0) is 70.7 Å². The number of ether oxygens (including phenoxy) is 2. The zero-order valence-electron chi connectivity index (χ0n) is 20.9. The zero-order chi connectivity index (χ0) is 25.1. The van der Waals surface area contributed by atoms with Crippen molar-refractivity contribution in [2.45, 2.75) is 65.7 Å². The quantitative estimate of drug-likeness (QED) is 0.452. The first-order valence-corrected chi connectivity index (χ1v) is 12.4. The molecule has 1 saturated heterocycles. The second-order valence-electron chi connectivity index (χ2n) is 9.87. The summed E-state index contributed by atoms with van der Waals surface area (Å²) in [6.07, 6.45) is 2.83. The van der Waals surface area contributed by atoms with Gasteiger partial charge in [0.15, 0.2) is 0 Å². The number of aliphatic hydroxyl groups is 1. The maximum Gasteiger partial charge on any atom is 0.311 e. The van der Waals surface area contributed by atoms with Crippen LogP contribution < -0.4 is 5.56 Å². The second kappa shape index (κ2) is 10.7. The largest absolute Gasteiger partial charge is 0.463 e. The number of nitrogens with zero attached hydrogens (tertiary/aromatic N) is 2. The summed E-state index contributed by atoms with van der Waals surface area (Å²) in [5, 5.41) is 10.1. The molecule has 0 bridgehead atoms. The maximum absolute atomic E-state index is 12.4. The zero-order valence-corrected chi connectivity index (χ0v) is 20.9. The summed E-state index contributed by atoms with van der Waals surface area (Å²) in [5.41, 5.74) is 4.32. The third kappa shape index (κ3) is 5.82. The number of aryl methyl sites for hydroxylation is 2. The van der Waals surface area contributed by atoms with E-state index in [2.05, 4.69) is 21.7 Å². The van der Waals surface area contributed by atoms with E-state index in [4.69, 9.17) is 14.5 Å². The molecule has 1 fully saturated rings. The van der Waals surface area contributed by atoms with Gasteiger partial charge in [0.1, 0.15) is 5.82 Å². The molecule has 2 aromatic heterocycles. The van der Waals surface area contributed by atoms with E-state index in [1.165, 1.54) is 0 Å². The lowest BCUT2D eigenvalue weighted by Crippen LogP contribution is -2.30. The van der Waals surface area contributed by atoms with Gasteiger partial charge in [-0.1, -0.05) is 6.07 Å². The van der Waals surface area contributed by atoms with Crippen molar-refractivity contribution < 1.29 is 19.4 Å². The first-order valence-electron chi connectivity index (χ1n) is 12.4. The third-order valence-electron chi connectivity index (χ3n) is 6.61. The van der Waals surface area contributed by atoms with Crippen molar-refractivity contribution in [3.8, 4) is 11.4 Å². The molecule has 8 nitrogen and oxygen atoms in total. The van der Waals surface area contributed by atoms with Gasteiger partial charge in [0.2, 0.25) is 0 Å². The molecule has 4 rings (SSSR count). The highest BCUT2D eigenvalue weighted by molar-refractivity contribution is 5.81. The predicted octanol–water partition coefficient (Wildman–Crippen LogP) is 3.62. The number of carbonyl (C=O) groups excluding carboxylic acids is 1. The number of pyridine rings is 1. The van der Waals surface area contributed by atoms with Crippen LogP contribution in [0.2, 0.25) is 0 Å². The molecular weight excluding hydrogens is 446 g/mol. The van der Waals surface area contributed by atoms with Gasteiger partial charge in [-0.15, -0.1) is 0 Å². The summed E-state index contributed by atoms with van der Waals surface area (Å²) in [5.74, 6) is 0.279. The number of esters is 1. The summed E-state index contributed by atoms with van der Waals surface area (Å²) < 4.78 is 13.1. The summed E-state index contributed by atoms with van der Waals surface area (Å²) in [6.45, 7) is 9.33. The van der Waals surface area contributed by atoms with Gasteiger partial charge in [0, 0.05) is 36.4 Å². The van der Waals surface area contributed by atoms with Gasteiger partial charge in [-0.2, -0.15) is 0 Å². The molecule has 1 aliphatic heterocycles. The van der Waals surface area contributed by atoms with Crippen LogP contribution >= 0.6 is 0 Å². The van der Waals surface area contributed by atoms with Gasteiger partial charge < -0.3 is 24.1 Å². The van der Waals surface area contributed by atoms with Crippen LogP contribution in [0.3, 0.4) is 0 Å². The summed E-state index contributed by atoms with van der Waals surface area (Å²) in [7, 11) is 0. The molecule has 35 heavy (non-hydrogen) atoms. The smallest absolute Gasteiger partial charge is 0.311 e. The number of benzene rings is 1. The average Bonchev–Trinajstić information content (AvgIpc) is 3.43. The van der Waals surface area contributed by atoms with E-state index in [0.29, 0.717) is 24.3 Å². The third-order valence-corrected chi connectivity index (χ3v) is 6.61. The van der Waals surface area contributed by atoms with Crippen LogP contribution in [-0.4, -0.2) is 51.0 Å². The summed E-state index contributed by atoms with van der Waals surface area (Å²) in [4.78, 5) is 32.1. The number of aliphatic hydroxyl groups excluding tert-OH is 1. The van der Waals surface area contributed by atoms with Crippen LogP contribution in [-0.2, 0) is 27.2 Å². The lowest BCUT2D eigenvalue weighted by Gasteiger charge is -2.20. The fraction of sp³-hybridized carbons (Fsp3) is 0.519. The molecule has 3 heterocycles. The highest BCUT2D eigenvalue weighted by Crippen LogP contribution is 2.29. The summed E-state index contributed by atoms with van der Waals surface area (Å²) >= 11 is 0. The van der Waals surface area contributed by atoms with Crippen molar-refractivity contribution in [2.24, 2.45) is 11.8 Å². The van der Waals surface area contributed by atoms with Gasteiger partial charge in [0.25, 0.3) is 5.56 Å². The number of H-pyrrole nitrogens is 1. The number of fused-ring (bicyclic) bond motifs is 1. The number of imidazole rings is 1. The number of nitrogens with one attached hydrogen (secondary N) is 1. The molecule has 0 saturated carbocycles. The van der Waals surface area contributed by atoms with Crippen LogP contribution in [0.25, 0.3) is 22.4 Å². The van der Waals surface area contributed by atoms with Crippen molar-refractivity contribution in [2.75, 3.05) is 13.2 Å². The van der Waals surface area contributed by atoms with E-state index in [1.54, 1.807) is 33.9 Å². The number of hydrogen-bond donors (Lipinski definition) is 2. The Labute approximate surface area is 205 Å². The van der Waals surface area contributed by atoms with E-state index in [-0.39, 0.29) is 17.6 Å². The van der Waals surface area contributed by atoms with Crippen LogP contribution in [0, 0.1) is 18.8 Å². The maximum atomic E-state index is 12.4. The topological polar surface area (TPSA) is 106 Å². The molecule has 1 aromatic carbocycles. The van der Waals surface area contributed by atoms with Crippen LogP contribution in [0.5, 0.6) is 0 Å². The Kier molecular flexibility index (Phi) is 7.72. The molecule has 2 N–H and O–H groups in total. The fourth-order valence-corrected chi connectivity index (χ4v) is 4.65. The van der Waals surface area contributed by atoms with E-state index < -0.39 is 12.0 Å². The molecule has 8 heteroatoms. The highest BCUT2D eigenvalue weighted by Gasteiger charge is 2.26. The predicted molar refractivity (Wildman–Crippen MR) is 134 cm³/mol. The number of carbonyl (C=O) groups is 1. The standard InChI is InChI=1S/C27H35N3O5/c1-16(2)35-27(33)22(18(4)31)7-5-19-6-8-24-23(12-19)29-25(21-11-17(3)26(32)28-13-21)30(24)14-20-9-10-34-15-20/h6,8,11-13,16,18,20,22,31H,5,7,9-10,14-15H2,1-4H3,(H,28,32)/t18-,20?,22+/m1/s1. The van der Waals surface area contributed by atoms with E-state index >= 15 is 0 Å². The van der Waals surface area contributed by atoms with Crippen molar-refractivity contribution in [1.29, 1.82) is 0 Å². The van der Waals surface area contributed by atoms with Crippen molar-refractivity contribution in [3.05, 3.63) is 51.9 Å². The molecule has 188 valence electrons. The minimum Gasteiger partial charge on any atom is -0.463 e. The number of aromatic nitrogens is 3. The minimum atomic E-state index is -0.784. The molecule has 0 amide bonds. The van der Waals surface area contributed by atoms with Gasteiger partial charge >= 0.3 is 5.97 Å².